The van der Waals surface area contributed by atoms with E-state index in [0.29, 0.717) is 36.6 Å². The van der Waals surface area contributed by atoms with Gasteiger partial charge in [-0.25, -0.2) is 13.2 Å². The second kappa shape index (κ2) is 13.7. The van der Waals surface area contributed by atoms with Crippen molar-refractivity contribution in [3.8, 4) is 0 Å². The number of ether oxygens (including phenoxy) is 1. The van der Waals surface area contributed by atoms with Gasteiger partial charge in [0.1, 0.15) is 0 Å². The highest BCUT2D eigenvalue weighted by atomic mass is 35.5. The Hall–Kier alpha value is -3.49. The second-order valence-electron chi connectivity index (χ2n) is 9.43. The van der Waals surface area contributed by atoms with Gasteiger partial charge in [0.05, 0.1) is 28.1 Å². The van der Waals surface area contributed by atoms with Crippen LogP contribution in [-0.4, -0.2) is 44.1 Å². The fourth-order valence-corrected chi connectivity index (χ4v) is 5.84. The largest absolute Gasteiger partial charge is 0.462 e. The van der Waals surface area contributed by atoms with Gasteiger partial charge < -0.3 is 9.84 Å². The molecule has 0 heterocycles. The van der Waals surface area contributed by atoms with E-state index in [0.717, 1.165) is 16.7 Å². The summed E-state index contributed by atoms with van der Waals surface area (Å²) in [5.74, 6) is -0.489. The maximum absolute atomic E-state index is 13.1. The molecule has 6 nitrogen and oxygen atoms in total. The van der Waals surface area contributed by atoms with Crippen LogP contribution in [0.3, 0.4) is 0 Å². The van der Waals surface area contributed by atoms with Gasteiger partial charge in [0.2, 0.25) is 9.84 Å². The van der Waals surface area contributed by atoms with Gasteiger partial charge >= 0.3 is 5.97 Å². The number of sulfone groups is 1. The van der Waals surface area contributed by atoms with E-state index in [4.69, 9.17) is 16.3 Å². The first-order valence-corrected chi connectivity index (χ1v) is 14.9. The molecular formula is C32H32ClNO5S. The molecule has 8 heteroatoms. The van der Waals surface area contributed by atoms with E-state index in [9.17, 15) is 18.3 Å². The van der Waals surface area contributed by atoms with Crippen LogP contribution < -0.4 is 0 Å². The molecule has 40 heavy (non-hydrogen) atoms. The van der Waals surface area contributed by atoms with Crippen LogP contribution in [0.15, 0.2) is 113 Å². The summed E-state index contributed by atoms with van der Waals surface area (Å²) in [5.41, 5.74) is 3.18. The van der Waals surface area contributed by atoms with Crippen molar-refractivity contribution in [1.29, 1.82) is 0 Å². The average Bonchev–Trinajstić information content (AvgIpc) is 2.97. The predicted octanol–water partition coefficient (Wildman–Crippen LogP) is 6.13. The third-order valence-corrected chi connectivity index (χ3v) is 8.56. The van der Waals surface area contributed by atoms with Crippen molar-refractivity contribution in [3.63, 3.8) is 0 Å². The molecule has 1 atom stereocenters. The van der Waals surface area contributed by atoms with Crippen LogP contribution in [0.2, 0.25) is 5.02 Å². The molecule has 0 saturated heterocycles. The summed E-state index contributed by atoms with van der Waals surface area (Å²) in [4.78, 5) is 14.3. The highest BCUT2D eigenvalue weighted by molar-refractivity contribution is 7.91. The zero-order chi connectivity index (χ0) is 28.5. The van der Waals surface area contributed by atoms with Crippen LogP contribution in [-0.2, 0) is 27.5 Å². The summed E-state index contributed by atoms with van der Waals surface area (Å²) in [7, 11) is -3.74. The number of benzene rings is 4. The van der Waals surface area contributed by atoms with Gasteiger partial charge in [-0.05, 0) is 78.6 Å². The Morgan fingerprint density at radius 2 is 1.52 bits per heavy atom. The molecule has 0 aliphatic heterocycles. The molecule has 4 aromatic rings. The maximum Gasteiger partial charge on any atom is 0.338 e. The SMILES string of the molecule is CCOC(=O)c1ccc(S(=O)(=O)c2ccc(CCN(Cc3ccccc3)C[C@H](O)c3cccc(Cl)c3)cc2)cc1. The van der Waals surface area contributed by atoms with Crippen molar-refractivity contribution in [1.82, 2.24) is 4.90 Å². The molecule has 0 amide bonds. The van der Waals surface area contributed by atoms with E-state index >= 15 is 0 Å². The Balaban J connectivity index is 1.44. The minimum Gasteiger partial charge on any atom is -0.462 e. The number of halogens is 1. The Kier molecular flexibility index (Phi) is 10.1. The van der Waals surface area contributed by atoms with Gasteiger partial charge in [-0.2, -0.15) is 0 Å². The molecule has 0 aromatic heterocycles. The lowest BCUT2D eigenvalue weighted by Crippen LogP contribution is -2.30. The Morgan fingerprint density at radius 1 is 0.875 bits per heavy atom. The lowest BCUT2D eigenvalue weighted by atomic mass is 10.1. The number of esters is 1. The molecular weight excluding hydrogens is 546 g/mol. The quantitative estimate of drug-likeness (QED) is 0.204. The molecule has 0 bridgehead atoms. The van der Waals surface area contributed by atoms with Crippen molar-refractivity contribution in [2.45, 2.75) is 35.8 Å². The van der Waals surface area contributed by atoms with E-state index in [1.54, 1.807) is 31.2 Å². The second-order valence-corrected chi connectivity index (χ2v) is 11.8. The molecule has 0 spiro atoms. The highest BCUT2D eigenvalue weighted by Gasteiger charge is 2.19. The van der Waals surface area contributed by atoms with E-state index in [1.165, 1.54) is 24.3 Å². The first-order chi connectivity index (χ1) is 19.3. The van der Waals surface area contributed by atoms with E-state index in [1.807, 2.05) is 42.5 Å². The molecule has 0 fully saturated rings. The van der Waals surface area contributed by atoms with Crippen molar-refractivity contribution in [2.24, 2.45) is 0 Å². The Morgan fingerprint density at radius 3 is 2.15 bits per heavy atom. The highest BCUT2D eigenvalue weighted by Crippen LogP contribution is 2.23. The van der Waals surface area contributed by atoms with Crippen molar-refractivity contribution < 1.29 is 23.1 Å². The smallest absolute Gasteiger partial charge is 0.338 e. The molecule has 4 aromatic carbocycles. The van der Waals surface area contributed by atoms with Gasteiger partial charge in [0.25, 0.3) is 0 Å². The standard InChI is InChI=1S/C32H32ClNO5S/c1-2-39-32(36)26-13-17-30(18-14-26)40(37,38)29-15-11-24(12-16-29)19-20-34(22-25-7-4-3-5-8-25)23-31(35)27-9-6-10-28(33)21-27/h3-18,21,31,35H,2,19-20,22-23H2,1H3/t31-/m0/s1. The third-order valence-electron chi connectivity index (χ3n) is 6.54. The normalized spacial score (nSPS) is 12.3. The molecule has 4 rings (SSSR count). The van der Waals surface area contributed by atoms with Crippen LogP contribution in [0.4, 0.5) is 0 Å². The first-order valence-electron chi connectivity index (χ1n) is 13.1. The number of carbonyl (C=O) groups is 1. The summed E-state index contributed by atoms with van der Waals surface area (Å²) >= 11 is 6.13. The van der Waals surface area contributed by atoms with Gasteiger partial charge in [-0.15, -0.1) is 0 Å². The summed E-state index contributed by atoms with van der Waals surface area (Å²) < 4.78 is 31.2. The van der Waals surface area contributed by atoms with Crippen molar-refractivity contribution >= 4 is 27.4 Å². The van der Waals surface area contributed by atoms with Crippen LogP contribution in [0.5, 0.6) is 0 Å². The zero-order valence-corrected chi connectivity index (χ0v) is 23.8. The molecule has 0 radical (unpaired) electrons. The predicted molar refractivity (Wildman–Crippen MR) is 156 cm³/mol. The van der Waals surface area contributed by atoms with E-state index < -0.39 is 21.9 Å². The topological polar surface area (TPSA) is 83.9 Å². The average molecular weight is 578 g/mol. The summed E-state index contributed by atoms with van der Waals surface area (Å²) in [6.45, 7) is 3.70. The Labute approximate surface area is 240 Å². The number of rotatable bonds is 12. The fraction of sp³-hybridized carbons (Fsp3) is 0.219. The van der Waals surface area contributed by atoms with Crippen molar-refractivity contribution in [2.75, 3.05) is 19.7 Å². The molecule has 1 N–H and O–H groups in total. The first kappa shape index (κ1) is 29.5. The number of hydrogen-bond donors (Lipinski definition) is 1. The minimum absolute atomic E-state index is 0.109. The number of hydrogen-bond acceptors (Lipinski definition) is 6. The third kappa shape index (κ3) is 7.79. The molecule has 0 aliphatic rings. The van der Waals surface area contributed by atoms with Crippen LogP contribution >= 0.6 is 11.6 Å². The van der Waals surface area contributed by atoms with Crippen LogP contribution in [0, 0.1) is 0 Å². The number of carbonyl (C=O) groups excluding carboxylic acids is 1. The summed E-state index contributed by atoms with van der Waals surface area (Å²) in [5, 5.41) is 11.5. The van der Waals surface area contributed by atoms with Crippen molar-refractivity contribution in [3.05, 3.63) is 130 Å². The van der Waals surface area contributed by atoms with Gasteiger partial charge in [-0.1, -0.05) is 66.2 Å². The van der Waals surface area contributed by atoms with Gasteiger partial charge in [-0.3, -0.25) is 4.90 Å². The summed E-state index contributed by atoms with van der Waals surface area (Å²) in [6, 6.07) is 29.9. The van der Waals surface area contributed by atoms with E-state index in [2.05, 4.69) is 17.0 Å². The van der Waals surface area contributed by atoms with Gasteiger partial charge in [0.15, 0.2) is 0 Å². The van der Waals surface area contributed by atoms with E-state index in [-0.39, 0.29) is 16.4 Å². The Bertz CT molecular complexity index is 1510. The van der Waals surface area contributed by atoms with Gasteiger partial charge in [0, 0.05) is 24.7 Å². The lowest BCUT2D eigenvalue weighted by molar-refractivity contribution is 0.0526. The minimum atomic E-state index is -3.74. The van der Waals surface area contributed by atoms with Crippen LogP contribution in [0.25, 0.3) is 0 Å². The number of aliphatic hydroxyl groups excluding tert-OH is 1. The summed E-state index contributed by atoms with van der Waals surface area (Å²) in [6.07, 6.45) is -0.0333. The number of nitrogens with zero attached hydrogens (tertiary/aromatic N) is 1. The molecule has 0 aliphatic carbocycles. The molecule has 0 unspecified atom stereocenters. The monoisotopic (exact) mass is 577 g/mol. The zero-order valence-electron chi connectivity index (χ0n) is 22.2. The van der Waals surface area contributed by atoms with Crippen LogP contribution in [0.1, 0.15) is 40.1 Å². The lowest BCUT2D eigenvalue weighted by Gasteiger charge is -2.25. The number of aliphatic hydroxyl groups is 1. The maximum atomic E-state index is 13.1. The fourth-order valence-electron chi connectivity index (χ4n) is 4.38. The molecule has 208 valence electrons. The molecule has 0 saturated carbocycles.